The highest BCUT2D eigenvalue weighted by molar-refractivity contribution is 4.77. The molecule has 1 fully saturated rings. The Hall–Kier alpha value is -0.120. The fourth-order valence-corrected chi connectivity index (χ4v) is 2.15. The van der Waals surface area contributed by atoms with Crippen LogP contribution in [0.3, 0.4) is 0 Å². The summed E-state index contributed by atoms with van der Waals surface area (Å²) in [7, 11) is 1.75. The molecular weight excluding hydrogens is 178 g/mol. The van der Waals surface area contributed by atoms with Crippen LogP contribution in [0.25, 0.3) is 0 Å². The molecule has 0 aromatic carbocycles. The van der Waals surface area contributed by atoms with Crippen molar-refractivity contribution < 1.29 is 9.47 Å². The van der Waals surface area contributed by atoms with E-state index in [1.165, 1.54) is 0 Å². The third-order valence-electron chi connectivity index (χ3n) is 3.00. The average Bonchev–Trinajstić information content (AvgIpc) is 2.19. The van der Waals surface area contributed by atoms with Crippen molar-refractivity contribution in [2.24, 2.45) is 17.6 Å². The molecule has 14 heavy (non-hydrogen) atoms. The predicted octanol–water partition coefficient (Wildman–Crippen LogP) is 1.41. The molecule has 0 spiro atoms. The van der Waals surface area contributed by atoms with Crippen molar-refractivity contribution in [1.82, 2.24) is 0 Å². The molecule has 2 unspecified atom stereocenters. The van der Waals surface area contributed by atoms with E-state index in [0.717, 1.165) is 39.1 Å². The lowest BCUT2D eigenvalue weighted by Gasteiger charge is -2.29. The van der Waals surface area contributed by atoms with E-state index in [-0.39, 0.29) is 0 Å². The van der Waals surface area contributed by atoms with Crippen LogP contribution in [-0.4, -0.2) is 33.0 Å². The second-order valence-corrected chi connectivity index (χ2v) is 4.41. The van der Waals surface area contributed by atoms with Gasteiger partial charge in [-0.2, -0.15) is 0 Å². The molecule has 0 saturated carbocycles. The Morgan fingerprint density at radius 2 is 2.07 bits per heavy atom. The molecular formula is C11H23NO2. The normalized spacial score (nSPS) is 23.4. The minimum Gasteiger partial charge on any atom is -0.384 e. The quantitative estimate of drug-likeness (QED) is 0.731. The van der Waals surface area contributed by atoms with E-state index in [2.05, 4.69) is 6.92 Å². The van der Waals surface area contributed by atoms with Crippen LogP contribution in [0, 0.1) is 11.8 Å². The topological polar surface area (TPSA) is 44.5 Å². The molecule has 84 valence electrons. The predicted molar refractivity (Wildman–Crippen MR) is 57.2 cm³/mol. The number of ether oxygens (including phenoxy) is 2. The summed E-state index contributed by atoms with van der Waals surface area (Å²) in [4.78, 5) is 0. The molecule has 1 aliphatic heterocycles. The van der Waals surface area contributed by atoms with Crippen molar-refractivity contribution in [3.8, 4) is 0 Å². The van der Waals surface area contributed by atoms with Crippen LogP contribution in [0.2, 0.25) is 0 Å². The second kappa shape index (κ2) is 6.38. The minimum atomic E-state index is 0.323. The maximum Gasteiger partial charge on any atom is 0.0488 e. The Balaban J connectivity index is 2.21. The summed E-state index contributed by atoms with van der Waals surface area (Å²) >= 11 is 0. The van der Waals surface area contributed by atoms with Gasteiger partial charge >= 0.3 is 0 Å². The molecule has 2 N–H and O–H groups in total. The van der Waals surface area contributed by atoms with Gasteiger partial charge in [-0.3, -0.25) is 0 Å². The van der Waals surface area contributed by atoms with Gasteiger partial charge in [0, 0.05) is 33.0 Å². The van der Waals surface area contributed by atoms with Crippen LogP contribution >= 0.6 is 0 Å². The van der Waals surface area contributed by atoms with E-state index in [4.69, 9.17) is 15.2 Å². The lowest BCUT2D eigenvalue weighted by atomic mass is 9.87. The van der Waals surface area contributed by atoms with Crippen molar-refractivity contribution in [3.63, 3.8) is 0 Å². The molecule has 3 nitrogen and oxygen atoms in total. The summed E-state index contributed by atoms with van der Waals surface area (Å²) in [6.45, 7) is 4.79. The summed E-state index contributed by atoms with van der Waals surface area (Å²) < 4.78 is 10.4. The lowest BCUT2D eigenvalue weighted by molar-refractivity contribution is 0.0532. The van der Waals surface area contributed by atoms with Crippen LogP contribution in [0.5, 0.6) is 0 Å². The Kier molecular flexibility index (Phi) is 5.45. The average molecular weight is 201 g/mol. The molecule has 0 amide bonds. The molecule has 1 saturated heterocycles. The van der Waals surface area contributed by atoms with Crippen LogP contribution in [0.15, 0.2) is 0 Å². The van der Waals surface area contributed by atoms with Crippen LogP contribution < -0.4 is 5.73 Å². The Morgan fingerprint density at radius 1 is 1.43 bits per heavy atom. The summed E-state index contributed by atoms with van der Waals surface area (Å²) in [5.41, 5.74) is 6.17. The minimum absolute atomic E-state index is 0.323. The Labute approximate surface area is 86.9 Å². The summed E-state index contributed by atoms with van der Waals surface area (Å²) in [5.74, 6) is 1.22. The van der Waals surface area contributed by atoms with E-state index in [1.54, 1.807) is 7.11 Å². The Bertz CT molecular complexity index is 146. The van der Waals surface area contributed by atoms with E-state index in [1.807, 2.05) is 0 Å². The van der Waals surface area contributed by atoms with E-state index in [9.17, 15) is 0 Å². The van der Waals surface area contributed by atoms with Crippen molar-refractivity contribution in [2.75, 3.05) is 26.9 Å². The number of hydrogen-bond donors (Lipinski definition) is 1. The largest absolute Gasteiger partial charge is 0.384 e. The van der Waals surface area contributed by atoms with Crippen molar-refractivity contribution >= 4 is 0 Å². The zero-order valence-corrected chi connectivity index (χ0v) is 9.37. The van der Waals surface area contributed by atoms with Gasteiger partial charge in [0.1, 0.15) is 0 Å². The number of hydrogen-bond acceptors (Lipinski definition) is 3. The van der Waals surface area contributed by atoms with Crippen LogP contribution in [-0.2, 0) is 9.47 Å². The number of rotatable bonds is 5. The summed E-state index contributed by atoms with van der Waals surface area (Å²) in [6, 6.07) is 0.323. The van der Waals surface area contributed by atoms with E-state index < -0.39 is 0 Å². The molecule has 0 aromatic rings. The molecule has 1 aliphatic rings. The Morgan fingerprint density at radius 3 is 2.64 bits per heavy atom. The molecule has 0 bridgehead atoms. The highest BCUT2D eigenvalue weighted by Crippen LogP contribution is 2.21. The third kappa shape index (κ3) is 3.95. The summed E-state index contributed by atoms with van der Waals surface area (Å²) in [5, 5.41) is 0. The van der Waals surface area contributed by atoms with Crippen LogP contribution in [0.1, 0.15) is 26.2 Å². The van der Waals surface area contributed by atoms with Gasteiger partial charge in [-0.1, -0.05) is 6.92 Å². The van der Waals surface area contributed by atoms with Gasteiger partial charge in [-0.25, -0.2) is 0 Å². The zero-order valence-electron chi connectivity index (χ0n) is 9.37. The fourth-order valence-electron chi connectivity index (χ4n) is 2.15. The molecule has 2 atom stereocenters. The molecule has 3 heteroatoms. The first-order valence-electron chi connectivity index (χ1n) is 5.56. The van der Waals surface area contributed by atoms with Gasteiger partial charge in [0.15, 0.2) is 0 Å². The maximum atomic E-state index is 6.17. The van der Waals surface area contributed by atoms with Crippen molar-refractivity contribution in [3.05, 3.63) is 0 Å². The zero-order chi connectivity index (χ0) is 10.4. The number of methoxy groups -OCH3 is 1. The SMILES string of the molecule is COCC(C)CC(N)C1CCOCC1. The third-order valence-corrected chi connectivity index (χ3v) is 3.00. The molecule has 0 aromatic heterocycles. The van der Waals surface area contributed by atoms with E-state index >= 15 is 0 Å². The first-order valence-corrected chi connectivity index (χ1v) is 5.56. The molecule has 1 rings (SSSR count). The molecule has 0 radical (unpaired) electrons. The van der Waals surface area contributed by atoms with E-state index in [0.29, 0.717) is 17.9 Å². The highest BCUT2D eigenvalue weighted by Gasteiger charge is 2.22. The first-order chi connectivity index (χ1) is 6.74. The van der Waals surface area contributed by atoms with Gasteiger partial charge in [0.05, 0.1) is 0 Å². The van der Waals surface area contributed by atoms with Gasteiger partial charge in [-0.15, -0.1) is 0 Å². The van der Waals surface area contributed by atoms with Gasteiger partial charge in [0.2, 0.25) is 0 Å². The van der Waals surface area contributed by atoms with Crippen molar-refractivity contribution in [2.45, 2.75) is 32.2 Å². The fraction of sp³-hybridized carbons (Fsp3) is 1.00. The standard InChI is InChI=1S/C11H23NO2/c1-9(8-13-2)7-11(12)10-3-5-14-6-4-10/h9-11H,3-8,12H2,1-2H3. The lowest BCUT2D eigenvalue weighted by Crippen LogP contribution is -2.36. The summed E-state index contributed by atoms with van der Waals surface area (Å²) in [6.07, 6.45) is 3.32. The monoisotopic (exact) mass is 201 g/mol. The van der Waals surface area contributed by atoms with Gasteiger partial charge in [-0.05, 0) is 31.1 Å². The van der Waals surface area contributed by atoms with Crippen LogP contribution in [0.4, 0.5) is 0 Å². The second-order valence-electron chi connectivity index (χ2n) is 4.41. The molecule has 0 aliphatic carbocycles. The van der Waals surface area contributed by atoms with Gasteiger partial charge < -0.3 is 15.2 Å². The first kappa shape index (κ1) is 12.0. The molecule has 1 heterocycles. The van der Waals surface area contributed by atoms with Gasteiger partial charge in [0.25, 0.3) is 0 Å². The number of nitrogens with two attached hydrogens (primary N) is 1. The highest BCUT2D eigenvalue weighted by atomic mass is 16.5. The maximum absolute atomic E-state index is 6.17. The van der Waals surface area contributed by atoms with Crippen molar-refractivity contribution in [1.29, 1.82) is 0 Å². The smallest absolute Gasteiger partial charge is 0.0488 e.